The molecule has 0 aliphatic carbocycles. The van der Waals surface area contributed by atoms with Gasteiger partial charge in [-0.3, -0.25) is 0 Å². The van der Waals surface area contributed by atoms with Gasteiger partial charge in [-0.25, -0.2) is 4.79 Å². The molecule has 1 aromatic carbocycles. The summed E-state index contributed by atoms with van der Waals surface area (Å²) in [7, 11) is -2.92. The van der Waals surface area contributed by atoms with E-state index in [9.17, 15) is 4.79 Å². The Morgan fingerprint density at radius 2 is 1.53 bits per heavy atom. The second-order valence-electron chi connectivity index (χ2n) is 7.19. The predicted molar refractivity (Wildman–Crippen MR) is 88.4 cm³/mol. The molecule has 0 saturated carbocycles. The first-order chi connectivity index (χ1) is 8.59. The average molecular weight is 291 g/mol. The number of rotatable bonds is 2. The van der Waals surface area contributed by atoms with Crippen LogP contribution in [-0.2, 0) is 0 Å². The summed E-state index contributed by atoms with van der Waals surface area (Å²) in [5.74, 6) is 0. The number of hydrogen-bond acceptors (Lipinski definition) is 2. The van der Waals surface area contributed by atoms with Crippen LogP contribution in [0.1, 0.15) is 0 Å². The molecule has 4 heteroatoms. The third-order valence-electron chi connectivity index (χ3n) is 3.42. The fraction of sp³-hybridized carbons (Fsp3) is 0.400. The molecule has 0 atom stereocenters. The van der Waals surface area contributed by atoms with E-state index >= 15 is 0 Å². The van der Waals surface area contributed by atoms with Crippen LogP contribution < -0.4 is 16.0 Å². The zero-order chi connectivity index (χ0) is 14.4. The third kappa shape index (κ3) is 2.90. The van der Waals surface area contributed by atoms with Crippen LogP contribution in [0.2, 0.25) is 39.3 Å². The molecule has 0 fully saturated rings. The number of benzene rings is 1. The predicted octanol–water partition coefficient (Wildman–Crippen LogP) is 2.88. The van der Waals surface area contributed by atoms with Gasteiger partial charge in [-0.2, -0.15) is 0 Å². The summed E-state index contributed by atoms with van der Waals surface area (Å²) in [6, 6.07) is 8.10. The Bertz CT molecular complexity index is 673. The molecule has 1 heterocycles. The van der Waals surface area contributed by atoms with Crippen molar-refractivity contribution < 1.29 is 4.42 Å². The van der Waals surface area contributed by atoms with Crippen LogP contribution >= 0.6 is 0 Å². The minimum atomic E-state index is -1.54. The molecule has 0 spiro atoms. The van der Waals surface area contributed by atoms with Crippen LogP contribution in [0.3, 0.4) is 0 Å². The Balaban J connectivity index is 2.80. The molecule has 2 nitrogen and oxygen atoms in total. The molecule has 0 N–H and O–H groups in total. The molecular weight excluding hydrogens is 268 g/mol. The van der Waals surface area contributed by atoms with Gasteiger partial charge in [0.05, 0.1) is 16.1 Å². The molecule has 0 amide bonds. The summed E-state index contributed by atoms with van der Waals surface area (Å²) < 4.78 is 5.42. The molecule has 0 aliphatic rings. The van der Waals surface area contributed by atoms with E-state index in [0.717, 1.165) is 11.0 Å². The van der Waals surface area contributed by atoms with Crippen molar-refractivity contribution in [1.29, 1.82) is 0 Å². The van der Waals surface area contributed by atoms with Gasteiger partial charge in [-0.05, 0) is 11.3 Å². The van der Waals surface area contributed by atoms with E-state index in [0.29, 0.717) is 0 Å². The highest BCUT2D eigenvalue weighted by molar-refractivity contribution is 6.90. The minimum absolute atomic E-state index is 0.224. The van der Waals surface area contributed by atoms with Crippen molar-refractivity contribution in [3.05, 3.63) is 34.7 Å². The van der Waals surface area contributed by atoms with Crippen LogP contribution in [-0.4, -0.2) is 16.1 Å². The second kappa shape index (κ2) is 4.46. The lowest BCUT2D eigenvalue weighted by molar-refractivity contribution is 0.562. The lowest BCUT2D eigenvalue weighted by Gasteiger charge is -2.20. The van der Waals surface area contributed by atoms with Gasteiger partial charge in [0.1, 0.15) is 5.58 Å². The van der Waals surface area contributed by atoms with Crippen molar-refractivity contribution in [3.8, 4) is 0 Å². The highest BCUT2D eigenvalue weighted by Gasteiger charge is 2.23. The van der Waals surface area contributed by atoms with Gasteiger partial charge >= 0.3 is 5.63 Å². The summed E-state index contributed by atoms with van der Waals surface area (Å²) in [6.45, 7) is 13.7. The van der Waals surface area contributed by atoms with Crippen molar-refractivity contribution in [2.75, 3.05) is 0 Å². The van der Waals surface area contributed by atoms with Gasteiger partial charge in [0, 0.05) is 11.5 Å². The maximum atomic E-state index is 11.8. The zero-order valence-electron chi connectivity index (χ0n) is 12.6. The molecule has 2 rings (SSSR count). The summed E-state index contributed by atoms with van der Waals surface area (Å²) in [5, 5.41) is 3.64. The zero-order valence-corrected chi connectivity index (χ0v) is 14.6. The molecular formula is C15H22O2Si2. The van der Waals surface area contributed by atoms with Crippen LogP contribution in [0.5, 0.6) is 0 Å². The molecule has 19 heavy (non-hydrogen) atoms. The van der Waals surface area contributed by atoms with Crippen molar-refractivity contribution in [3.63, 3.8) is 0 Å². The SMILES string of the molecule is C[Si](C)(C)c1ccc2c([Si](C)(C)C)cc(=O)oc2c1. The molecule has 0 bridgehead atoms. The first-order valence-corrected chi connectivity index (χ1v) is 13.7. The summed E-state index contributed by atoms with van der Waals surface area (Å²) in [6.07, 6.45) is 0. The van der Waals surface area contributed by atoms with E-state index in [2.05, 4.69) is 57.5 Å². The van der Waals surface area contributed by atoms with Crippen LogP contribution in [0.25, 0.3) is 11.0 Å². The average Bonchev–Trinajstić information content (AvgIpc) is 2.24. The highest BCUT2D eigenvalue weighted by Crippen LogP contribution is 2.15. The van der Waals surface area contributed by atoms with Crippen LogP contribution in [0.15, 0.2) is 33.5 Å². The molecule has 0 aliphatic heterocycles. The van der Waals surface area contributed by atoms with Crippen molar-refractivity contribution in [2.24, 2.45) is 0 Å². The fourth-order valence-corrected chi connectivity index (χ4v) is 4.96. The number of fused-ring (bicyclic) bond motifs is 1. The smallest absolute Gasteiger partial charge is 0.336 e. The van der Waals surface area contributed by atoms with Gasteiger partial charge in [0.2, 0.25) is 0 Å². The lowest BCUT2D eigenvalue weighted by atomic mass is 10.2. The van der Waals surface area contributed by atoms with E-state index in [1.54, 1.807) is 6.07 Å². The normalized spacial score (nSPS) is 12.9. The quantitative estimate of drug-likeness (QED) is 0.629. The van der Waals surface area contributed by atoms with Gasteiger partial charge in [-0.15, -0.1) is 0 Å². The highest BCUT2D eigenvalue weighted by atomic mass is 28.3. The minimum Gasteiger partial charge on any atom is -0.423 e. The van der Waals surface area contributed by atoms with E-state index in [4.69, 9.17) is 4.42 Å². The van der Waals surface area contributed by atoms with E-state index < -0.39 is 16.1 Å². The maximum absolute atomic E-state index is 11.8. The van der Waals surface area contributed by atoms with Gasteiger partial charge in [0.15, 0.2) is 0 Å². The summed E-state index contributed by atoms with van der Waals surface area (Å²) in [4.78, 5) is 11.8. The fourth-order valence-electron chi connectivity index (χ4n) is 2.25. The van der Waals surface area contributed by atoms with Crippen LogP contribution in [0, 0.1) is 0 Å². The molecule has 102 valence electrons. The largest absolute Gasteiger partial charge is 0.423 e. The number of hydrogen-bond donors (Lipinski definition) is 0. The molecule has 1 aromatic heterocycles. The monoisotopic (exact) mass is 290 g/mol. The maximum Gasteiger partial charge on any atom is 0.336 e. The topological polar surface area (TPSA) is 30.2 Å². The van der Waals surface area contributed by atoms with Gasteiger partial charge in [-0.1, -0.05) is 56.6 Å². The van der Waals surface area contributed by atoms with Crippen LogP contribution in [0.4, 0.5) is 0 Å². The Kier molecular flexibility index (Phi) is 3.35. The van der Waals surface area contributed by atoms with E-state index in [1.807, 2.05) is 0 Å². The first kappa shape index (κ1) is 14.3. The Morgan fingerprint density at radius 1 is 0.895 bits per heavy atom. The standard InChI is InChI=1S/C15H22O2Si2/c1-18(2,3)11-7-8-12-13(9-11)17-15(16)10-14(12)19(4,5)6/h7-10H,1-6H3. The summed E-state index contributed by atoms with van der Waals surface area (Å²) >= 11 is 0. The van der Waals surface area contributed by atoms with Crippen molar-refractivity contribution in [2.45, 2.75) is 39.3 Å². The lowest BCUT2D eigenvalue weighted by Crippen LogP contribution is -2.41. The van der Waals surface area contributed by atoms with E-state index in [-0.39, 0.29) is 5.63 Å². The molecule has 2 aromatic rings. The van der Waals surface area contributed by atoms with Crippen molar-refractivity contribution in [1.82, 2.24) is 0 Å². The second-order valence-corrected chi connectivity index (χ2v) is 17.3. The third-order valence-corrected chi connectivity index (χ3v) is 7.49. The summed E-state index contributed by atoms with van der Waals surface area (Å²) in [5.41, 5.74) is 0.530. The Morgan fingerprint density at radius 3 is 2.05 bits per heavy atom. The van der Waals surface area contributed by atoms with Gasteiger partial charge in [0.25, 0.3) is 0 Å². The Labute approximate surface area is 116 Å². The first-order valence-electron chi connectivity index (χ1n) is 6.68. The van der Waals surface area contributed by atoms with E-state index in [1.165, 1.54) is 10.4 Å². The molecule has 0 saturated heterocycles. The Hall–Kier alpha value is -1.14. The van der Waals surface area contributed by atoms with Crippen molar-refractivity contribution >= 4 is 37.5 Å². The molecule has 0 unspecified atom stereocenters. The molecule has 0 radical (unpaired) electrons. The van der Waals surface area contributed by atoms with Gasteiger partial charge < -0.3 is 4.42 Å².